The van der Waals surface area contributed by atoms with E-state index >= 15 is 0 Å². The summed E-state index contributed by atoms with van der Waals surface area (Å²) in [4.78, 5) is 12.9. The third kappa shape index (κ3) is 4.33. The van der Waals surface area contributed by atoms with E-state index in [0.717, 1.165) is 19.1 Å². The molecule has 0 radical (unpaired) electrons. The zero-order valence-electron chi connectivity index (χ0n) is 10.0. The van der Waals surface area contributed by atoms with Crippen molar-refractivity contribution in [1.29, 1.82) is 0 Å². The van der Waals surface area contributed by atoms with Crippen LogP contribution in [0.4, 0.5) is 0 Å². The third-order valence-corrected chi connectivity index (χ3v) is 3.23. The summed E-state index contributed by atoms with van der Waals surface area (Å²) in [5.74, 6) is -0.920. The molecule has 16 heavy (non-hydrogen) atoms. The van der Waals surface area contributed by atoms with E-state index in [0.29, 0.717) is 6.54 Å². The number of carboxylic acid groups (broad SMARTS) is 1. The molecule has 4 heteroatoms. The first-order valence-corrected chi connectivity index (χ1v) is 5.93. The molecule has 0 bridgehead atoms. The van der Waals surface area contributed by atoms with Crippen LogP contribution in [0.2, 0.25) is 0 Å². The zero-order chi connectivity index (χ0) is 12.0. The summed E-state index contributed by atoms with van der Waals surface area (Å²) < 4.78 is 0. The van der Waals surface area contributed by atoms with Crippen LogP contribution in [0, 0.1) is 0 Å². The Balaban J connectivity index is 2.06. The number of rotatable bonds is 7. The molecule has 0 heterocycles. The Bertz CT molecular complexity index is 247. The molecule has 0 unspecified atom stereocenters. The number of carbonyl (C=O) groups is 1. The monoisotopic (exact) mass is 226 g/mol. The molecule has 0 saturated heterocycles. The van der Waals surface area contributed by atoms with Crippen LogP contribution in [0.15, 0.2) is 12.2 Å². The van der Waals surface area contributed by atoms with E-state index in [1.807, 2.05) is 0 Å². The Morgan fingerprint density at radius 3 is 2.69 bits per heavy atom. The highest BCUT2D eigenvalue weighted by molar-refractivity contribution is 5.86. The minimum absolute atomic E-state index is 0.225. The molecule has 1 aliphatic rings. The summed E-state index contributed by atoms with van der Waals surface area (Å²) in [6, 6.07) is 0.726. The number of hydrogen-bond donors (Lipinski definition) is 2. The Morgan fingerprint density at radius 2 is 2.12 bits per heavy atom. The number of likely N-dealkylation sites (N-methyl/N-ethyl adjacent to an activating group) is 1. The van der Waals surface area contributed by atoms with Gasteiger partial charge in [0, 0.05) is 31.2 Å². The van der Waals surface area contributed by atoms with Crippen molar-refractivity contribution in [3.8, 4) is 0 Å². The average molecular weight is 226 g/mol. The van der Waals surface area contributed by atoms with Gasteiger partial charge in [0.25, 0.3) is 0 Å². The lowest BCUT2D eigenvalue weighted by Crippen LogP contribution is -2.36. The van der Waals surface area contributed by atoms with Gasteiger partial charge in [-0.25, -0.2) is 4.79 Å². The predicted octanol–water partition coefficient (Wildman–Crippen LogP) is 1.09. The molecule has 1 saturated carbocycles. The standard InChI is InChI=1S/C12H22N2O2/c1-10(12(15)16)9-13-7-8-14(2)11-5-3-4-6-11/h11,13H,1,3-9H2,2H3,(H,15,16). The fraction of sp³-hybridized carbons (Fsp3) is 0.750. The number of carboxylic acids is 1. The molecule has 0 atom stereocenters. The molecule has 0 spiro atoms. The van der Waals surface area contributed by atoms with Crippen LogP contribution >= 0.6 is 0 Å². The van der Waals surface area contributed by atoms with Gasteiger partial charge in [0.1, 0.15) is 0 Å². The van der Waals surface area contributed by atoms with Gasteiger partial charge >= 0.3 is 5.97 Å². The Labute approximate surface area is 97.3 Å². The number of nitrogens with one attached hydrogen (secondary N) is 1. The second kappa shape index (κ2) is 6.66. The molecular weight excluding hydrogens is 204 g/mol. The first-order chi connectivity index (χ1) is 7.61. The molecule has 1 rings (SSSR count). The zero-order valence-corrected chi connectivity index (χ0v) is 10.0. The van der Waals surface area contributed by atoms with Crippen molar-refractivity contribution in [3.05, 3.63) is 12.2 Å². The lowest BCUT2D eigenvalue weighted by molar-refractivity contribution is -0.132. The van der Waals surface area contributed by atoms with E-state index in [9.17, 15) is 4.79 Å². The fourth-order valence-corrected chi connectivity index (χ4v) is 2.10. The van der Waals surface area contributed by atoms with Crippen molar-refractivity contribution in [2.45, 2.75) is 31.7 Å². The van der Waals surface area contributed by atoms with Gasteiger partial charge in [-0.05, 0) is 19.9 Å². The van der Waals surface area contributed by atoms with Crippen LogP contribution in [0.5, 0.6) is 0 Å². The minimum atomic E-state index is -0.920. The number of nitrogens with zero attached hydrogens (tertiary/aromatic N) is 1. The molecular formula is C12H22N2O2. The largest absolute Gasteiger partial charge is 0.478 e. The Hall–Kier alpha value is -0.870. The van der Waals surface area contributed by atoms with Gasteiger partial charge in [0.2, 0.25) is 0 Å². The first kappa shape index (κ1) is 13.2. The molecule has 92 valence electrons. The summed E-state index contributed by atoms with van der Waals surface area (Å²) in [7, 11) is 2.14. The van der Waals surface area contributed by atoms with Crippen LogP contribution in [-0.4, -0.2) is 48.7 Å². The molecule has 0 aromatic heterocycles. The summed E-state index contributed by atoms with van der Waals surface area (Å²) >= 11 is 0. The van der Waals surface area contributed by atoms with Crippen molar-refractivity contribution in [2.24, 2.45) is 0 Å². The van der Waals surface area contributed by atoms with Crippen LogP contribution in [-0.2, 0) is 4.79 Å². The van der Waals surface area contributed by atoms with Crippen LogP contribution in [0.1, 0.15) is 25.7 Å². The maximum atomic E-state index is 10.5. The lowest BCUT2D eigenvalue weighted by atomic mass is 10.2. The summed E-state index contributed by atoms with van der Waals surface area (Å²) in [5.41, 5.74) is 0.225. The first-order valence-electron chi connectivity index (χ1n) is 5.93. The second-order valence-electron chi connectivity index (χ2n) is 4.50. The molecule has 0 aromatic rings. The van der Waals surface area contributed by atoms with Gasteiger partial charge in [-0.15, -0.1) is 0 Å². The Morgan fingerprint density at radius 1 is 1.50 bits per heavy atom. The van der Waals surface area contributed by atoms with Gasteiger partial charge < -0.3 is 15.3 Å². The van der Waals surface area contributed by atoms with E-state index in [-0.39, 0.29) is 5.57 Å². The normalized spacial score (nSPS) is 16.9. The molecule has 2 N–H and O–H groups in total. The van der Waals surface area contributed by atoms with Gasteiger partial charge in [-0.3, -0.25) is 0 Å². The van der Waals surface area contributed by atoms with Gasteiger partial charge in [-0.1, -0.05) is 19.4 Å². The van der Waals surface area contributed by atoms with E-state index in [2.05, 4.69) is 23.8 Å². The van der Waals surface area contributed by atoms with E-state index in [4.69, 9.17) is 5.11 Å². The van der Waals surface area contributed by atoms with Crippen LogP contribution < -0.4 is 5.32 Å². The summed E-state index contributed by atoms with van der Waals surface area (Å²) in [6.45, 7) is 5.63. The average Bonchev–Trinajstić information content (AvgIpc) is 2.76. The lowest BCUT2D eigenvalue weighted by Gasteiger charge is -2.23. The van der Waals surface area contributed by atoms with Gasteiger partial charge in [-0.2, -0.15) is 0 Å². The predicted molar refractivity (Wildman–Crippen MR) is 64.5 cm³/mol. The molecule has 0 amide bonds. The van der Waals surface area contributed by atoms with Crippen molar-refractivity contribution in [2.75, 3.05) is 26.7 Å². The maximum Gasteiger partial charge on any atom is 0.332 e. The highest BCUT2D eigenvalue weighted by atomic mass is 16.4. The fourth-order valence-electron chi connectivity index (χ4n) is 2.10. The van der Waals surface area contributed by atoms with E-state index < -0.39 is 5.97 Å². The molecule has 0 aliphatic heterocycles. The van der Waals surface area contributed by atoms with Crippen molar-refractivity contribution in [3.63, 3.8) is 0 Å². The van der Waals surface area contributed by atoms with Crippen LogP contribution in [0.25, 0.3) is 0 Å². The van der Waals surface area contributed by atoms with E-state index in [1.165, 1.54) is 25.7 Å². The highest BCUT2D eigenvalue weighted by Gasteiger charge is 2.18. The van der Waals surface area contributed by atoms with Gasteiger partial charge in [0.05, 0.1) is 0 Å². The van der Waals surface area contributed by atoms with Gasteiger partial charge in [0.15, 0.2) is 0 Å². The molecule has 4 nitrogen and oxygen atoms in total. The maximum absolute atomic E-state index is 10.5. The number of hydrogen-bond acceptors (Lipinski definition) is 3. The highest BCUT2D eigenvalue weighted by Crippen LogP contribution is 2.21. The topological polar surface area (TPSA) is 52.6 Å². The SMILES string of the molecule is C=C(CNCCN(C)C1CCCC1)C(=O)O. The van der Waals surface area contributed by atoms with Crippen molar-refractivity contribution < 1.29 is 9.90 Å². The molecule has 0 aromatic carbocycles. The smallest absolute Gasteiger partial charge is 0.332 e. The summed E-state index contributed by atoms with van der Waals surface area (Å²) in [5, 5.41) is 11.7. The quantitative estimate of drug-likeness (QED) is 0.504. The molecule has 1 aliphatic carbocycles. The van der Waals surface area contributed by atoms with Crippen molar-refractivity contribution >= 4 is 5.97 Å². The van der Waals surface area contributed by atoms with E-state index in [1.54, 1.807) is 0 Å². The molecule has 1 fully saturated rings. The van der Waals surface area contributed by atoms with Crippen molar-refractivity contribution in [1.82, 2.24) is 10.2 Å². The summed E-state index contributed by atoms with van der Waals surface area (Å²) in [6.07, 6.45) is 5.30. The second-order valence-corrected chi connectivity index (χ2v) is 4.50. The minimum Gasteiger partial charge on any atom is -0.478 e. The third-order valence-electron chi connectivity index (χ3n) is 3.23. The number of aliphatic carboxylic acids is 1. The Kier molecular flexibility index (Phi) is 5.49. The van der Waals surface area contributed by atoms with Crippen LogP contribution in [0.3, 0.4) is 0 Å².